The van der Waals surface area contributed by atoms with Gasteiger partial charge >= 0.3 is 0 Å². The molecule has 0 saturated heterocycles. The van der Waals surface area contributed by atoms with Crippen molar-refractivity contribution in [1.82, 2.24) is 14.9 Å². The fourth-order valence-electron chi connectivity index (χ4n) is 1.37. The van der Waals surface area contributed by atoms with Gasteiger partial charge in [-0.15, -0.1) is 0 Å². The Morgan fingerprint density at radius 3 is 2.78 bits per heavy atom. The van der Waals surface area contributed by atoms with E-state index in [1.807, 2.05) is 0 Å². The van der Waals surface area contributed by atoms with Crippen molar-refractivity contribution in [2.45, 2.75) is 11.4 Å². The number of rotatable bonds is 4. The first-order valence-electron chi connectivity index (χ1n) is 5.02. The molecule has 0 amide bonds. The van der Waals surface area contributed by atoms with Crippen molar-refractivity contribution in [2.24, 2.45) is 0 Å². The number of nitrogens with one attached hydrogen (secondary N) is 2. The number of aromatic nitrogens is 2. The van der Waals surface area contributed by atoms with Crippen molar-refractivity contribution in [3.05, 3.63) is 42.0 Å². The van der Waals surface area contributed by atoms with Crippen LogP contribution in [0.4, 0.5) is 10.1 Å². The predicted molar refractivity (Wildman–Crippen MR) is 63.4 cm³/mol. The van der Waals surface area contributed by atoms with E-state index < -0.39 is 20.7 Å². The number of anilines is 1. The van der Waals surface area contributed by atoms with Crippen molar-refractivity contribution in [3.8, 4) is 0 Å². The third-order valence-electron chi connectivity index (χ3n) is 2.26. The maximum absolute atomic E-state index is 13.5. The molecule has 0 aliphatic heterocycles. The first-order chi connectivity index (χ1) is 8.49. The Bertz CT molecular complexity index is 640. The predicted octanol–water partition coefficient (Wildman–Crippen LogP) is 0.609. The van der Waals surface area contributed by atoms with Gasteiger partial charge in [0.1, 0.15) is 10.7 Å². The molecule has 1 aromatic carbocycles. The molecule has 0 atom stereocenters. The number of nitrogens with two attached hydrogens (primary N) is 1. The minimum atomic E-state index is -3.91. The lowest BCUT2D eigenvalue weighted by Crippen LogP contribution is -2.24. The first-order valence-corrected chi connectivity index (χ1v) is 6.50. The molecular formula is C10H11FN4O2S. The van der Waals surface area contributed by atoms with E-state index in [0.717, 1.165) is 12.1 Å². The number of hydrogen-bond acceptors (Lipinski definition) is 4. The summed E-state index contributed by atoms with van der Waals surface area (Å²) in [6.07, 6.45) is 1.49. The largest absolute Gasteiger partial charge is 0.399 e. The molecule has 0 saturated carbocycles. The Morgan fingerprint density at radius 1 is 1.39 bits per heavy atom. The maximum Gasteiger partial charge on any atom is 0.243 e. The number of nitrogens with zero attached hydrogens (tertiary/aromatic N) is 1. The van der Waals surface area contributed by atoms with E-state index in [4.69, 9.17) is 5.73 Å². The molecule has 2 aromatic rings. The van der Waals surface area contributed by atoms with Gasteiger partial charge in [0.15, 0.2) is 0 Å². The number of aromatic amines is 1. The van der Waals surface area contributed by atoms with Crippen molar-refractivity contribution < 1.29 is 12.8 Å². The zero-order chi connectivity index (χ0) is 13.2. The molecule has 1 heterocycles. The van der Waals surface area contributed by atoms with Crippen LogP contribution in [0.1, 0.15) is 5.69 Å². The minimum absolute atomic E-state index is 0.00610. The summed E-state index contributed by atoms with van der Waals surface area (Å²) < 4.78 is 39.4. The average Bonchev–Trinajstić information content (AvgIpc) is 2.78. The maximum atomic E-state index is 13.5. The molecule has 1 aromatic heterocycles. The van der Waals surface area contributed by atoms with E-state index in [9.17, 15) is 12.8 Å². The number of benzene rings is 1. The molecule has 0 fully saturated rings. The Labute approximate surface area is 103 Å². The van der Waals surface area contributed by atoms with Crippen LogP contribution in [0, 0.1) is 5.82 Å². The number of sulfonamides is 1. The summed E-state index contributed by atoms with van der Waals surface area (Å²) in [6.45, 7) is 0.00610. The Hall–Kier alpha value is -1.93. The molecule has 0 aliphatic carbocycles. The third kappa shape index (κ3) is 2.66. The monoisotopic (exact) mass is 270 g/mol. The lowest BCUT2D eigenvalue weighted by atomic mass is 10.3. The zero-order valence-corrected chi connectivity index (χ0v) is 10.0. The highest BCUT2D eigenvalue weighted by Crippen LogP contribution is 2.17. The van der Waals surface area contributed by atoms with E-state index >= 15 is 0 Å². The van der Waals surface area contributed by atoms with Gasteiger partial charge in [-0.25, -0.2) is 17.5 Å². The summed E-state index contributed by atoms with van der Waals surface area (Å²) in [7, 11) is -3.91. The van der Waals surface area contributed by atoms with Crippen molar-refractivity contribution in [1.29, 1.82) is 0 Å². The second-order valence-corrected chi connectivity index (χ2v) is 5.33. The Kier molecular flexibility index (Phi) is 3.30. The van der Waals surface area contributed by atoms with E-state index in [2.05, 4.69) is 14.9 Å². The Balaban J connectivity index is 2.20. The van der Waals surface area contributed by atoms with E-state index in [-0.39, 0.29) is 12.2 Å². The number of halogens is 1. The molecule has 0 unspecified atom stereocenters. The molecule has 0 radical (unpaired) electrons. The van der Waals surface area contributed by atoms with Gasteiger partial charge in [-0.1, -0.05) is 0 Å². The van der Waals surface area contributed by atoms with Crippen LogP contribution < -0.4 is 10.5 Å². The number of nitrogen functional groups attached to an aromatic ring is 1. The van der Waals surface area contributed by atoms with Gasteiger partial charge < -0.3 is 5.73 Å². The van der Waals surface area contributed by atoms with Crippen molar-refractivity contribution in [2.75, 3.05) is 5.73 Å². The highest BCUT2D eigenvalue weighted by molar-refractivity contribution is 7.89. The molecule has 2 rings (SSSR count). The van der Waals surface area contributed by atoms with Crippen LogP contribution >= 0.6 is 0 Å². The molecule has 6 nitrogen and oxygen atoms in total. The van der Waals surface area contributed by atoms with Gasteiger partial charge in [-0.05, 0) is 24.3 Å². The summed E-state index contributed by atoms with van der Waals surface area (Å²) >= 11 is 0. The van der Waals surface area contributed by atoms with E-state index in [1.165, 1.54) is 12.3 Å². The minimum Gasteiger partial charge on any atom is -0.399 e. The van der Waals surface area contributed by atoms with Gasteiger partial charge in [0.2, 0.25) is 10.0 Å². The summed E-state index contributed by atoms with van der Waals surface area (Å²) in [5.74, 6) is -0.882. The molecule has 18 heavy (non-hydrogen) atoms. The quantitative estimate of drug-likeness (QED) is 0.708. The van der Waals surface area contributed by atoms with Crippen molar-refractivity contribution >= 4 is 15.7 Å². The zero-order valence-electron chi connectivity index (χ0n) is 9.22. The smallest absolute Gasteiger partial charge is 0.243 e. The SMILES string of the molecule is Nc1ccc(S(=O)(=O)NCc2ccn[nH]2)c(F)c1. The fraction of sp³-hybridized carbons (Fsp3) is 0.100. The van der Waals surface area contributed by atoms with E-state index in [1.54, 1.807) is 6.07 Å². The number of hydrogen-bond donors (Lipinski definition) is 3. The van der Waals surface area contributed by atoms with Crippen LogP contribution in [0.5, 0.6) is 0 Å². The van der Waals surface area contributed by atoms with Crippen molar-refractivity contribution in [3.63, 3.8) is 0 Å². The van der Waals surface area contributed by atoms with Crippen LogP contribution in [0.15, 0.2) is 35.4 Å². The van der Waals surface area contributed by atoms with Gasteiger partial charge in [-0.2, -0.15) is 5.10 Å². The highest BCUT2D eigenvalue weighted by Gasteiger charge is 2.18. The summed E-state index contributed by atoms with van der Waals surface area (Å²) in [5, 5.41) is 6.27. The van der Waals surface area contributed by atoms with Crippen LogP contribution in [-0.4, -0.2) is 18.6 Å². The topological polar surface area (TPSA) is 101 Å². The summed E-state index contributed by atoms with van der Waals surface area (Å²) in [4.78, 5) is -0.434. The first kappa shape index (κ1) is 12.5. The van der Waals surface area contributed by atoms with E-state index in [0.29, 0.717) is 5.69 Å². The molecule has 0 spiro atoms. The molecule has 0 aliphatic rings. The standard InChI is InChI=1S/C10H11FN4O2S/c11-9-5-7(12)1-2-10(9)18(16,17)14-6-8-3-4-13-15-8/h1-5,14H,6,12H2,(H,13,15). The molecule has 0 bridgehead atoms. The lowest BCUT2D eigenvalue weighted by Gasteiger charge is -2.07. The molecule has 4 N–H and O–H groups in total. The van der Waals surface area contributed by atoms with Gasteiger partial charge in [0.25, 0.3) is 0 Å². The number of H-pyrrole nitrogens is 1. The molecule has 8 heteroatoms. The molecule has 96 valence electrons. The van der Waals surface area contributed by atoms with Crippen LogP contribution in [0.3, 0.4) is 0 Å². The summed E-state index contributed by atoms with van der Waals surface area (Å²) in [5.41, 5.74) is 6.10. The van der Waals surface area contributed by atoms with Gasteiger partial charge in [0.05, 0.1) is 12.2 Å². The highest BCUT2D eigenvalue weighted by atomic mass is 32.2. The van der Waals surface area contributed by atoms with Crippen LogP contribution in [0.25, 0.3) is 0 Å². The Morgan fingerprint density at radius 2 is 2.17 bits per heavy atom. The van der Waals surface area contributed by atoms with Crippen LogP contribution in [0.2, 0.25) is 0 Å². The second kappa shape index (κ2) is 4.75. The summed E-state index contributed by atoms with van der Waals surface area (Å²) in [6, 6.07) is 5.03. The second-order valence-electron chi connectivity index (χ2n) is 3.60. The van der Waals surface area contributed by atoms with Gasteiger partial charge in [-0.3, -0.25) is 5.10 Å². The normalized spacial score (nSPS) is 11.6. The fourth-order valence-corrected chi connectivity index (χ4v) is 2.43. The van der Waals surface area contributed by atoms with Crippen LogP contribution in [-0.2, 0) is 16.6 Å². The van der Waals surface area contributed by atoms with Gasteiger partial charge in [0, 0.05) is 11.9 Å². The average molecular weight is 270 g/mol. The lowest BCUT2D eigenvalue weighted by molar-refractivity contribution is 0.556. The third-order valence-corrected chi connectivity index (χ3v) is 3.69. The molecular weight excluding hydrogens is 259 g/mol.